The minimum atomic E-state index is -0.599. The van der Waals surface area contributed by atoms with Gasteiger partial charge in [-0.3, -0.25) is 0 Å². The van der Waals surface area contributed by atoms with Crippen LogP contribution in [0.1, 0.15) is 357 Å². The van der Waals surface area contributed by atoms with Crippen molar-refractivity contribution >= 4 is 69.6 Å². The van der Waals surface area contributed by atoms with Crippen LogP contribution in [0.25, 0.3) is 0 Å². The third-order valence-corrected chi connectivity index (χ3v) is 25.7. The van der Waals surface area contributed by atoms with Gasteiger partial charge in [0, 0.05) is 116 Å². The Bertz CT molecular complexity index is 3960. The topological polar surface area (TPSA) is 282 Å². The number of phenols is 4. The molecule has 8 aromatic carbocycles. The number of unbranched alkanes of at least 4 members (excludes halogenated alkanes) is 24. The smallest absolute Gasteiger partial charge is 0.323 e. The van der Waals surface area contributed by atoms with Crippen molar-refractivity contribution in [1.29, 1.82) is 0 Å². The second-order valence-corrected chi connectivity index (χ2v) is 37.2. The van der Waals surface area contributed by atoms with E-state index in [1.165, 1.54) is 205 Å². The molecule has 12 N–H and O–H groups in total. The maximum absolute atomic E-state index is 14.4. The minimum absolute atomic E-state index is 0.193. The summed E-state index contributed by atoms with van der Waals surface area (Å²) in [5, 5.41) is 75.4. The fourth-order valence-electron chi connectivity index (χ4n) is 17.9. The average Bonchev–Trinajstić information content (AvgIpc) is 0.778. The van der Waals surface area contributed by atoms with Crippen LogP contribution < -0.4 is 61.5 Å². The quantitative estimate of drug-likeness (QED) is 0.0125. The predicted molar refractivity (Wildman–Crippen MR) is 546 cm³/mol. The number of anilines is 8. The highest BCUT2D eigenvalue weighted by Crippen LogP contribution is 2.43. The van der Waals surface area contributed by atoms with Crippen molar-refractivity contribution in [3.05, 3.63) is 190 Å². The zero-order valence-corrected chi connectivity index (χ0v) is 81.2. The standard InChI is InChI=1S/C112H160N8O12/c1-9-17-25-33-41-81(42-34-26-18-10-2)77-129-101-57-49-93(50-58-101)113-109(125)117-97-69-85-65-87-71-98(118-110(126)114-94-51-59-102(60-52-94)130-78-82(43-35-27-19-11-3)44-36-28-20-12-4)73-89(106(87)122)67-91-75-100(120-112(128)116-96-55-63-104(64-56-96)132-80-84(47-39-31-23-15-7)48-40-32-24-16-8)76-92(108(91)124)68-90-74-99(72-88(107(90)123)66-86(70-97)105(85)121)119-111(127)115-95-53-61-103(62-54-95)131-79-83(45-37-29-21-13-5)46-38-30-22-14-6/h49-64,69-76,81-84,121-124H,9-48,65-68,77-80H2,1-8H3,(H2,113,117,125)(H2,114,118,126)(H2,115,119,127)(H2,116,120,128). The van der Waals surface area contributed by atoms with Crippen molar-refractivity contribution < 1.29 is 58.6 Å². The van der Waals surface area contributed by atoms with Crippen molar-refractivity contribution in [2.45, 2.75) is 338 Å². The highest BCUT2D eigenvalue weighted by molar-refractivity contribution is 6.02. The average molecular weight is 1810 g/mol. The van der Waals surface area contributed by atoms with E-state index in [9.17, 15) is 39.6 Å². The number of hydrogen-bond donors (Lipinski definition) is 12. The largest absolute Gasteiger partial charge is 0.507 e. The maximum atomic E-state index is 14.4. The van der Waals surface area contributed by atoms with Crippen LogP contribution >= 0.6 is 0 Å². The molecule has 20 nitrogen and oxygen atoms in total. The van der Waals surface area contributed by atoms with E-state index in [1.807, 2.05) is 48.5 Å². The molecule has 20 heteroatoms. The summed E-state index contributed by atoms with van der Waals surface area (Å²) in [4.78, 5) is 57.8. The molecule has 9 rings (SSSR count). The number of aromatic hydroxyl groups is 4. The van der Waals surface area contributed by atoms with Gasteiger partial charge in [-0.25, -0.2) is 19.2 Å². The molecular formula is C112H160N8O12. The first kappa shape index (κ1) is 105. The van der Waals surface area contributed by atoms with Gasteiger partial charge in [-0.1, -0.05) is 261 Å². The van der Waals surface area contributed by atoms with Crippen molar-refractivity contribution in [1.82, 2.24) is 0 Å². The summed E-state index contributed by atoms with van der Waals surface area (Å²) in [6, 6.07) is 39.6. The van der Waals surface area contributed by atoms with Crippen LogP contribution in [0, 0.1) is 23.7 Å². The Labute approximate surface area is 790 Å². The number of phenolic OH excluding ortho intramolecular Hbond substituents is 4. The van der Waals surface area contributed by atoms with Gasteiger partial charge in [0.1, 0.15) is 46.0 Å². The van der Waals surface area contributed by atoms with E-state index in [4.69, 9.17) is 18.9 Å². The van der Waals surface area contributed by atoms with Crippen LogP contribution in [0.2, 0.25) is 0 Å². The van der Waals surface area contributed by atoms with E-state index in [-0.39, 0.29) is 116 Å². The summed E-state index contributed by atoms with van der Waals surface area (Å²) in [7, 11) is 0. The van der Waals surface area contributed by atoms with Crippen molar-refractivity contribution in [3.8, 4) is 46.0 Å². The van der Waals surface area contributed by atoms with Gasteiger partial charge in [0.15, 0.2) is 0 Å². The van der Waals surface area contributed by atoms with Gasteiger partial charge in [-0.15, -0.1) is 0 Å². The molecule has 0 atom stereocenters. The first-order valence-electron chi connectivity index (χ1n) is 51.0. The Balaban J connectivity index is 1.05. The number of carbonyl (C=O) groups is 4. The fourth-order valence-corrected chi connectivity index (χ4v) is 17.9. The zero-order valence-electron chi connectivity index (χ0n) is 81.2. The number of hydrogen-bond acceptors (Lipinski definition) is 12. The highest BCUT2D eigenvalue weighted by atomic mass is 16.5. The van der Waals surface area contributed by atoms with Crippen LogP contribution in [0.3, 0.4) is 0 Å². The van der Waals surface area contributed by atoms with E-state index >= 15 is 0 Å². The number of ether oxygens (including phenoxy) is 4. The Kier molecular flexibility index (Phi) is 47.5. The van der Waals surface area contributed by atoms with E-state index in [0.29, 0.717) is 95.8 Å². The summed E-state index contributed by atoms with van der Waals surface area (Å²) >= 11 is 0. The van der Waals surface area contributed by atoms with Gasteiger partial charge in [-0.05, 0) is 221 Å². The highest BCUT2D eigenvalue weighted by Gasteiger charge is 2.26. The molecule has 0 spiro atoms. The molecule has 0 unspecified atom stereocenters. The molecule has 1 aliphatic rings. The Morgan fingerprint density at radius 3 is 0.508 bits per heavy atom. The van der Waals surface area contributed by atoms with Crippen molar-refractivity contribution in [3.63, 3.8) is 0 Å². The lowest BCUT2D eigenvalue weighted by molar-refractivity contribution is 0.224. The molecule has 8 amide bonds. The molecular weight excluding hydrogens is 1650 g/mol. The molecule has 0 aromatic heterocycles. The van der Waals surface area contributed by atoms with Crippen LogP contribution in [0.4, 0.5) is 64.7 Å². The molecule has 132 heavy (non-hydrogen) atoms. The Morgan fingerprint density at radius 1 is 0.220 bits per heavy atom. The number of rotatable bonds is 60. The summed E-state index contributed by atoms with van der Waals surface area (Å²) < 4.78 is 25.7. The lowest BCUT2D eigenvalue weighted by Gasteiger charge is -2.21. The Hall–Kier alpha value is -10.8. The van der Waals surface area contributed by atoms with Crippen molar-refractivity contribution in [2.75, 3.05) is 69.0 Å². The Morgan fingerprint density at radius 2 is 0.364 bits per heavy atom. The maximum Gasteiger partial charge on any atom is 0.323 e. The first-order chi connectivity index (χ1) is 64.3. The van der Waals surface area contributed by atoms with Gasteiger partial charge in [0.25, 0.3) is 0 Å². The summed E-state index contributed by atoms with van der Waals surface area (Å²) in [5.41, 5.74) is 4.91. The lowest BCUT2D eigenvalue weighted by Crippen LogP contribution is -2.20. The van der Waals surface area contributed by atoms with Crippen LogP contribution in [0.15, 0.2) is 146 Å². The molecule has 8 aromatic rings. The second kappa shape index (κ2) is 59.7. The molecule has 0 radical (unpaired) electrons. The van der Waals surface area contributed by atoms with Gasteiger partial charge in [0.05, 0.1) is 26.4 Å². The number of fused-ring (bicyclic) bond motifs is 8. The number of nitrogens with one attached hydrogen (secondary N) is 8. The third-order valence-electron chi connectivity index (χ3n) is 25.7. The number of carbonyl (C=O) groups excluding carboxylic acids is 4. The van der Waals surface area contributed by atoms with Crippen LogP contribution in [0.5, 0.6) is 46.0 Å². The van der Waals surface area contributed by atoms with Gasteiger partial charge < -0.3 is 81.9 Å². The van der Waals surface area contributed by atoms with Gasteiger partial charge >= 0.3 is 24.1 Å². The molecule has 0 fully saturated rings. The van der Waals surface area contributed by atoms with E-state index in [1.54, 1.807) is 97.1 Å². The van der Waals surface area contributed by atoms with Gasteiger partial charge in [0.2, 0.25) is 0 Å². The van der Waals surface area contributed by atoms with Crippen LogP contribution in [-0.2, 0) is 25.7 Å². The summed E-state index contributed by atoms with van der Waals surface area (Å²) in [6.45, 7) is 20.3. The number of urea groups is 4. The normalized spacial score (nSPS) is 11.8. The molecule has 1 aliphatic carbocycles. The van der Waals surface area contributed by atoms with E-state index in [2.05, 4.69) is 97.9 Å². The number of amides is 8. The van der Waals surface area contributed by atoms with E-state index < -0.39 is 24.1 Å². The minimum Gasteiger partial charge on any atom is -0.507 e. The van der Waals surface area contributed by atoms with Crippen molar-refractivity contribution in [2.24, 2.45) is 23.7 Å². The summed E-state index contributed by atoms with van der Waals surface area (Å²) in [5.74, 6) is 3.68. The molecule has 0 heterocycles. The second-order valence-electron chi connectivity index (χ2n) is 37.2. The third kappa shape index (κ3) is 38.1. The molecule has 0 saturated heterocycles. The zero-order chi connectivity index (χ0) is 93.9. The van der Waals surface area contributed by atoms with Crippen LogP contribution in [-0.4, -0.2) is 71.0 Å². The predicted octanol–water partition coefficient (Wildman–Crippen LogP) is 31.5. The first-order valence-corrected chi connectivity index (χ1v) is 51.0. The molecule has 0 saturated carbocycles. The number of benzene rings is 8. The SMILES string of the molecule is CCCCCCC(CCCCCC)COc1ccc(NC(=O)Nc2cc3c(O)c(c2)Cc2cc(NC(=O)Nc4ccc(OCC(CCCCCC)CCCCCC)cc4)cc(c2O)Cc2cc(NC(=O)Nc4ccc(OCC(CCCCCC)CCCCCC)cc4)cc(c2O)Cc2cc(NC(=O)Nc4ccc(OCC(CCCCCC)CCCCCC)cc4)cc(c2O)C3)cc1. The molecule has 0 aliphatic heterocycles. The monoisotopic (exact) mass is 1810 g/mol. The van der Waals surface area contributed by atoms with E-state index in [0.717, 1.165) is 51.4 Å². The van der Waals surface area contributed by atoms with Gasteiger partial charge in [-0.2, -0.15) is 0 Å². The lowest BCUT2D eigenvalue weighted by atomic mass is 9.90. The molecule has 8 bridgehead atoms. The fraction of sp³-hybridized carbons (Fsp3) is 0.536. The molecule has 720 valence electrons. The summed E-state index contributed by atoms with van der Waals surface area (Å²) in [6.07, 6.45) is 46.6.